The average molecular weight is 494 g/mol. The number of ether oxygens (including phenoxy) is 1. The Morgan fingerprint density at radius 3 is 2.52 bits per heavy atom. The second-order valence-electron chi connectivity index (χ2n) is 7.80. The Morgan fingerprint density at radius 2 is 1.85 bits per heavy atom. The third-order valence-electron chi connectivity index (χ3n) is 5.66. The fraction of sp³-hybridized carbons (Fsp3) is 0.364. The van der Waals surface area contributed by atoms with Crippen molar-refractivity contribution in [2.75, 3.05) is 53.5 Å². The van der Waals surface area contributed by atoms with Crippen molar-refractivity contribution in [2.24, 2.45) is 0 Å². The zero-order valence-electron chi connectivity index (χ0n) is 18.6. The third-order valence-corrected chi connectivity index (χ3v) is 7.57. The monoisotopic (exact) mass is 493 g/mol. The van der Waals surface area contributed by atoms with Gasteiger partial charge in [-0.25, -0.2) is 13.4 Å². The first-order valence-electron chi connectivity index (χ1n) is 10.4. The van der Waals surface area contributed by atoms with Crippen LogP contribution in [0.5, 0.6) is 0 Å². The second kappa shape index (κ2) is 10.6. The lowest BCUT2D eigenvalue weighted by Crippen LogP contribution is -2.46. The normalized spacial score (nSPS) is 15.3. The number of pyridine rings is 1. The van der Waals surface area contributed by atoms with Gasteiger partial charge in [0.2, 0.25) is 10.0 Å². The second-order valence-corrected chi connectivity index (χ2v) is 9.74. The molecule has 9 nitrogen and oxygen atoms in total. The largest absolute Gasteiger partial charge is 0.383 e. The Labute approximate surface area is 199 Å². The molecule has 0 unspecified atom stereocenters. The number of piperazine rings is 1. The van der Waals surface area contributed by atoms with Crippen molar-refractivity contribution in [3.8, 4) is 11.1 Å². The molecule has 0 radical (unpaired) electrons. The van der Waals surface area contributed by atoms with Gasteiger partial charge in [-0.05, 0) is 30.8 Å². The molecule has 2 N–H and O–H groups in total. The number of sulfonamides is 1. The fourth-order valence-corrected chi connectivity index (χ4v) is 5.13. The van der Waals surface area contributed by atoms with Crippen LogP contribution in [0.4, 0.5) is 0 Å². The maximum absolute atomic E-state index is 12.9. The number of amides is 1. The van der Waals surface area contributed by atoms with Gasteiger partial charge in [0.15, 0.2) is 0 Å². The average Bonchev–Trinajstić information content (AvgIpc) is 3.23. The van der Waals surface area contributed by atoms with Gasteiger partial charge in [0.05, 0.1) is 17.1 Å². The van der Waals surface area contributed by atoms with Crippen molar-refractivity contribution < 1.29 is 17.9 Å². The van der Waals surface area contributed by atoms with Gasteiger partial charge in [0.25, 0.3) is 5.91 Å². The molecule has 0 spiro atoms. The molecule has 0 atom stereocenters. The van der Waals surface area contributed by atoms with Crippen LogP contribution in [0.15, 0.2) is 47.6 Å². The van der Waals surface area contributed by atoms with E-state index in [4.69, 9.17) is 4.74 Å². The first-order chi connectivity index (χ1) is 15.4. The molecule has 3 aromatic rings. The van der Waals surface area contributed by atoms with E-state index in [-0.39, 0.29) is 23.2 Å². The van der Waals surface area contributed by atoms with E-state index in [1.165, 1.54) is 4.31 Å². The molecule has 0 aliphatic carbocycles. The number of halogens is 1. The molecule has 1 fully saturated rings. The molecule has 1 aliphatic rings. The van der Waals surface area contributed by atoms with Crippen molar-refractivity contribution in [1.82, 2.24) is 24.5 Å². The highest BCUT2D eigenvalue weighted by molar-refractivity contribution is 7.89. The van der Waals surface area contributed by atoms with Gasteiger partial charge in [-0.3, -0.25) is 4.79 Å². The van der Waals surface area contributed by atoms with E-state index in [1.807, 2.05) is 13.1 Å². The molecule has 3 heterocycles. The van der Waals surface area contributed by atoms with E-state index in [0.717, 1.165) is 24.2 Å². The molecular formula is C22H28ClN5O4S. The summed E-state index contributed by atoms with van der Waals surface area (Å²) < 4.78 is 32.4. The Kier molecular flexibility index (Phi) is 8.09. The minimum absolute atomic E-state index is 0. The summed E-state index contributed by atoms with van der Waals surface area (Å²) in [5.74, 6) is -0.208. The standard InChI is InChI=1S/C22H27N5O4S.ClH/c1-26-8-10-27(11-9-26)32(29,30)18-5-3-16(4-6-18)17-13-19-20(15-25-21(19)24-14-17)22(28)23-7-12-31-2;/h3-6,13-15H,7-12H2,1-2H3,(H,23,28)(H,24,25);1H. The van der Waals surface area contributed by atoms with Crippen LogP contribution in [0.25, 0.3) is 22.2 Å². The van der Waals surface area contributed by atoms with Gasteiger partial charge in [-0.2, -0.15) is 4.31 Å². The third kappa shape index (κ3) is 5.36. The van der Waals surface area contributed by atoms with Gasteiger partial charge in [0.1, 0.15) is 5.65 Å². The highest BCUT2D eigenvalue weighted by Gasteiger charge is 2.27. The Bertz CT molecular complexity index is 1210. The molecule has 1 aromatic carbocycles. The summed E-state index contributed by atoms with van der Waals surface area (Å²) in [7, 11) is 0.0516. The van der Waals surface area contributed by atoms with Gasteiger partial charge in [0, 0.05) is 63.2 Å². The molecule has 2 aromatic heterocycles. The molecule has 11 heteroatoms. The number of likely N-dealkylation sites (N-methyl/N-ethyl adjacent to an activating group) is 1. The van der Waals surface area contributed by atoms with Crippen LogP contribution >= 0.6 is 12.4 Å². The SMILES string of the molecule is COCCNC(=O)c1c[nH]c2ncc(-c3ccc(S(=O)(=O)N4CCN(C)CC4)cc3)cc12.Cl. The lowest BCUT2D eigenvalue weighted by Gasteiger charge is -2.31. The van der Waals surface area contributed by atoms with Crippen LogP contribution in [-0.4, -0.2) is 87.0 Å². The summed E-state index contributed by atoms with van der Waals surface area (Å²) in [6, 6.07) is 8.69. The van der Waals surface area contributed by atoms with Gasteiger partial charge in [-0.15, -0.1) is 12.4 Å². The zero-order valence-corrected chi connectivity index (χ0v) is 20.2. The highest BCUT2D eigenvalue weighted by atomic mass is 35.5. The Balaban J connectivity index is 0.00000306. The number of hydrogen-bond acceptors (Lipinski definition) is 6. The summed E-state index contributed by atoms with van der Waals surface area (Å²) in [6.07, 6.45) is 3.34. The van der Waals surface area contributed by atoms with Crippen LogP contribution in [0, 0.1) is 0 Å². The fourth-order valence-electron chi connectivity index (χ4n) is 3.71. The number of hydrogen-bond donors (Lipinski definition) is 2. The highest BCUT2D eigenvalue weighted by Crippen LogP contribution is 2.27. The maximum Gasteiger partial charge on any atom is 0.253 e. The van der Waals surface area contributed by atoms with Crippen LogP contribution in [0.1, 0.15) is 10.4 Å². The number of nitrogens with zero attached hydrogens (tertiary/aromatic N) is 3. The summed E-state index contributed by atoms with van der Waals surface area (Å²) >= 11 is 0. The number of carbonyl (C=O) groups is 1. The van der Waals surface area contributed by atoms with E-state index < -0.39 is 10.0 Å². The van der Waals surface area contributed by atoms with E-state index in [0.29, 0.717) is 42.8 Å². The molecule has 1 saturated heterocycles. The lowest BCUT2D eigenvalue weighted by molar-refractivity contribution is 0.0938. The van der Waals surface area contributed by atoms with E-state index in [2.05, 4.69) is 20.2 Å². The smallest absolute Gasteiger partial charge is 0.253 e. The van der Waals surface area contributed by atoms with Crippen molar-refractivity contribution in [2.45, 2.75) is 4.90 Å². The van der Waals surface area contributed by atoms with Gasteiger partial charge < -0.3 is 19.9 Å². The van der Waals surface area contributed by atoms with E-state index in [1.54, 1.807) is 43.8 Å². The number of H-pyrrole nitrogens is 1. The summed E-state index contributed by atoms with van der Waals surface area (Å²) in [4.78, 5) is 22.3. The van der Waals surface area contributed by atoms with Crippen LogP contribution < -0.4 is 5.32 Å². The molecule has 1 aliphatic heterocycles. The Hall–Kier alpha value is -2.50. The number of carbonyl (C=O) groups excluding carboxylic acids is 1. The number of benzene rings is 1. The molecule has 0 bridgehead atoms. The minimum Gasteiger partial charge on any atom is -0.383 e. The molecular weight excluding hydrogens is 466 g/mol. The topological polar surface area (TPSA) is 108 Å². The first kappa shape index (κ1) is 25.1. The predicted octanol–water partition coefficient (Wildman–Crippen LogP) is 1.96. The first-order valence-corrected chi connectivity index (χ1v) is 11.9. The number of rotatable bonds is 7. The number of nitrogens with one attached hydrogen (secondary N) is 2. The zero-order chi connectivity index (χ0) is 22.7. The summed E-state index contributed by atoms with van der Waals surface area (Å²) in [5, 5.41) is 3.51. The quantitative estimate of drug-likeness (QED) is 0.487. The van der Waals surface area contributed by atoms with Crippen molar-refractivity contribution >= 4 is 39.4 Å². The van der Waals surface area contributed by atoms with Crippen molar-refractivity contribution in [3.63, 3.8) is 0 Å². The molecule has 1 amide bonds. The molecule has 178 valence electrons. The van der Waals surface area contributed by atoms with Gasteiger partial charge >= 0.3 is 0 Å². The summed E-state index contributed by atoms with van der Waals surface area (Å²) in [5.41, 5.74) is 2.73. The number of methoxy groups -OCH3 is 1. The van der Waals surface area contributed by atoms with Crippen molar-refractivity contribution in [3.05, 3.63) is 48.3 Å². The van der Waals surface area contributed by atoms with Crippen LogP contribution in [0.2, 0.25) is 0 Å². The number of aromatic amines is 1. The number of fused-ring (bicyclic) bond motifs is 1. The predicted molar refractivity (Wildman–Crippen MR) is 129 cm³/mol. The van der Waals surface area contributed by atoms with Crippen LogP contribution in [-0.2, 0) is 14.8 Å². The maximum atomic E-state index is 12.9. The minimum atomic E-state index is -3.52. The lowest BCUT2D eigenvalue weighted by atomic mass is 10.1. The van der Waals surface area contributed by atoms with Crippen molar-refractivity contribution in [1.29, 1.82) is 0 Å². The van der Waals surface area contributed by atoms with E-state index in [9.17, 15) is 13.2 Å². The number of aromatic nitrogens is 2. The van der Waals surface area contributed by atoms with Gasteiger partial charge in [-0.1, -0.05) is 12.1 Å². The van der Waals surface area contributed by atoms with Crippen LogP contribution in [0.3, 0.4) is 0 Å². The molecule has 33 heavy (non-hydrogen) atoms. The van der Waals surface area contributed by atoms with E-state index >= 15 is 0 Å². The molecule has 4 rings (SSSR count). The summed E-state index contributed by atoms with van der Waals surface area (Å²) in [6.45, 7) is 3.27. The molecule has 0 saturated carbocycles. The Morgan fingerprint density at radius 1 is 1.15 bits per heavy atom.